The summed E-state index contributed by atoms with van der Waals surface area (Å²) in [5.41, 5.74) is 7.41. The van der Waals surface area contributed by atoms with Crippen molar-refractivity contribution in [2.45, 2.75) is 58.9 Å². The fourth-order valence-corrected chi connectivity index (χ4v) is 2.62. The van der Waals surface area contributed by atoms with Crippen molar-refractivity contribution in [1.29, 1.82) is 0 Å². The second-order valence-corrected chi connectivity index (χ2v) is 6.01. The van der Waals surface area contributed by atoms with Gasteiger partial charge in [-0.05, 0) is 26.2 Å². The first-order valence-electron chi connectivity index (χ1n) is 7.35. The molecular formula is C15H26ClN3O. The summed E-state index contributed by atoms with van der Waals surface area (Å²) >= 11 is 6.27. The van der Waals surface area contributed by atoms with Crippen molar-refractivity contribution in [2.75, 3.05) is 0 Å². The van der Waals surface area contributed by atoms with Gasteiger partial charge in [0.2, 0.25) is 0 Å². The molecule has 2 atom stereocenters. The number of ketones is 1. The second-order valence-electron chi connectivity index (χ2n) is 5.64. The summed E-state index contributed by atoms with van der Waals surface area (Å²) < 4.78 is 1.73. The summed E-state index contributed by atoms with van der Waals surface area (Å²) in [6, 6.07) is 0.205. The molecule has 0 aromatic carbocycles. The lowest BCUT2D eigenvalue weighted by Gasteiger charge is -2.11. The molecular weight excluding hydrogens is 274 g/mol. The van der Waals surface area contributed by atoms with E-state index in [1.54, 1.807) is 4.68 Å². The van der Waals surface area contributed by atoms with Crippen LogP contribution >= 0.6 is 11.6 Å². The molecule has 1 aromatic heterocycles. The molecule has 5 heteroatoms. The van der Waals surface area contributed by atoms with Gasteiger partial charge < -0.3 is 5.73 Å². The van der Waals surface area contributed by atoms with Gasteiger partial charge in [0.1, 0.15) is 5.78 Å². The van der Waals surface area contributed by atoms with Gasteiger partial charge in [0.15, 0.2) is 0 Å². The predicted octanol–water partition coefficient (Wildman–Crippen LogP) is 2.90. The molecule has 1 aromatic rings. The van der Waals surface area contributed by atoms with Crippen LogP contribution in [0.1, 0.15) is 51.4 Å². The number of aryl methyl sites for hydroxylation is 2. The van der Waals surface area contributed by atoms with Crippen molar-refractivity contribution >= 4 is 17.4 Å². The minimum Gasteiger partial charge on any atom is -0.328 e. The fourth-order valence-electron chi connectivity index (χ4n) is 2.26. The van der Waals surface area contributed by atoms with Crippen LogP contribution in [0.5, 0.6) is 0 Å². The number of rotatable bonds is 8. The third kappa shape index (κ3) is 4.60. The maximum Gasteiger partial charge on any atom is 0.141 e. The molecule has 2 unspecified atom stereocenters. The van der Waals surface area contributed by atoms with Gasteiger partial charge in [0.05, 0.1) is 22.8 Å². The van der Waals surface area contributed by atoms with Crippen LogP contribution in [0.2, 0.25) is 5.02 Å². The molecule has 114 valence electrons. The lowest BCUT2D eigenvalue weighted by molar-refractivity contribution is -0.122. The van der Waals surface area contributed by atoms with E-state index in [9.17, 15) is 4.79 Å². The summed E-state index contributed by atoms with van der Waals surface area (Å²) in [6.07, 6.45) is 3.98. The van der Waals surface area contributed by atoms with E-state index in [0.717, 1.165) is 37.1 Å². The molecule has 1 rings (SSSR count). The highest BCUT2D eigenvalue weighted by Crippen LogP contribution is 2.23. The number of nitrogens with two attached hydrogens (primary N) is 1. The monoisotopic (exact) mass is 299 g/mol. The first-order valence-corrected chi connectivity index (χ1v) is 7.73. The van der Waals surface area contributed by atoms with Gasteiger partial charge in [-0.3, -0.25) is 9.48 Å². The standard InChI is InChI=1S/C15H26ClN3O/c1-5-12-15(16)13(19(4)18-12)9-14(20)10(2)7-6-8-11(3)17/h10-11H,5-9,17H2,1-4H3. The van der Waals surface area contributed by atoms with Crippen LogP contribution in [0.15, 0.2) is 0 Å². The molecule has 1 heterocycles. The molecule has 4 nitrogen and oxygen atoms in total. The van der Waals surface area contributed by atoms with Crippen LogP contribution in [0.3, 0.4) is 0 Å². The Morgan fingerprint density at radius 1 is 1.40 bits per heavy atom. The third-order valence-corrected chi connectivity index (χ3v) is 4.13. The van der Waals surface area contributed by atoms with Gasteiger partial charge in [-0.2, -0.15) is 5.10 Å². The normalized spacial score (nSPS) is 14.3. The molecule has 2 N–H and O–H groups in total. The molecule has 0 aliphatic carbocycles. The molecule has 0 spiro atoms. The smallest absolute Gasteiger partial charge is 0.141 e. The maximum absolute atomic E-state index is 12.3. The second kappa shape index (κ2) is 7.79. The van der Waals surface area contributed by atoms with Gasteiger partial charge in [-0.15, -0.1) is 0 Å². The molecule has 0 saturated carbocycles. The Hall–Kier alpha value is -0.870. The first-order chi connectivity index (χ1) is 9.36. The Morgan fingerprint density at radius 2 is 2.05 bits per heavy atom. The summed E-state index contributed by atoms with van der Waals surface area (Å²) in [5.74, 6) is 0.270. The summed E-state index contributed by atoms with van der Waals surface area (Å²) in [6.45, 7) is 5.99. The van der Waals surface area contributed by atoms with Gasteiger partial charge in [-0.1, -0.05) is 31.9 Å². The fraction of sp³-hybridized carbons (Fsp3) is 0.733. The van der Waals surface area contributed by atoms with Gasteiger partial charge in [-0.25, -0.2) is 0 Å². The number of hydrogen-bond acceptors (Lipinski definition) is 3. The lowest BCUT2D eigenvalue weighted by atomic mass is 9.95. The van der Waals surface area contributed by atoms with Crippen molar-refractivity contribution in [1.82, 2.24) is 9.78 Å². The molecule has 0 saturated heterocycles. The SMILES string of the molecule is CCc1nn(C)c(CC(=O)C(C)CCCC(C)N)c1Cl. The van der Waals surface area contributed by atoms with Gasteiger partial charge in [0.25, 0.3) is 0 Å². The summed E-state index contributed by atoms with van der Waals surface area (Å²) in [4.78, 5) is 12.3. The maximum atomic E-state index is 12.3. The Balaban J connectivity index is 2.59. The number of hydrogen-bond donors (Lipinski definition) is 1. The van der Waals surface area contributed by atoms with Crippen molar-refractivity contribution < 1.29 is 4.79 Å². The third-order valence-electron chi connectivity index (χ3n) is 3.69. The van der Waals surface area contributed by atoms with E-state index in [0.29, 0.717) is 11.4 Å². The van der Waals surface area contributed by atoms with E-state index in [4.69, 9.17) is 17.3 Å². The zero-order valence-corrected chi connectivity index (χ0v) is 13.7. The molecule has 20 heavy (non-hydrogen) atoms. The van der Waals surface area contributed by atoms with E-state index in [-0.39, 0.29) is 17.7 Å². The van der Waals surface area contributed by atoms with E-state index < -0.39 is 0 Å². The average molecular weight is 300 g/mol. The summed E-state index contributed by atoms with van der Waals surface area (Å²) in [7, 11) is 1.84. The van der Waals surface area contributed by atoms with Crippen LogP contribution in [0, 0.1) is 5.92 Å². The van der Waals surface area contributed by atoms with Crippen molar-refractivity contribution in [3.8, 4) is 0 Å². The quantitative estimate of drug-likeness (QED) is 0.803. The van der Waals surface area contributed by atoms with Crippen molar-refractivity contribution in [2.24, 2.45) is 18.7 Å². The van der Waals surface area contributed by atoms with E-state index in [1.165, 1.54) is 0 Å². The van der Waals surface area contributed by atoms with Crippen molar-refractivity contribution in [3.63, 3.8) is 0 Å². The topological polar surface area (TPSA) is 60.9 Å². The van der Waals surface area contributed by atoms with E-state index >= 15 is 0 Å². The Morgan fingerprint density at radius 3 is 2.55 bits per heavy atom. The minimum atomic E-state index is 0.0461. The number of aromatic nitrogens is 2. The first kappa shape index (κ1) is 17.2. The molecule has 0 amide bonds. The van der Waals surface area contributed by atoms with Gasteiger partial charge in [0, 0.05) is 19.0 Å². The van der Waals surface area contributed by atoms with E-state index in [2.05, 4.69) is 5.10 Å². The number of carbonyl (C=O) groups is 1. The Kier molecular flexibility index (Phi) is 6.69. The zero-order chi connectivity index (χ0) is 15.3. The largest absolute Gasteiger partial charge is 0.328 e. The van der Waals surface area contributed by atoms with E-state index in [1.807, 2.05) is 27.8 Å². The predicted molar refractivity (Wildman–Crippen MR) is 83.0 cm³/mol. The average Bonchev–Trinajstić information content (AvgIpc) is 2.65. The van der Waals surface area contributed by atoms with Crippen LogP contribution in [-0.2, 0) is 24.7 Å². The molecule has 0 aliphatic rings. The zero-order valence-electron chi connectivity index (χ0n) is 12.9. The minimum absolute atomic E-state index is 0.0461. The number of carbonyl (C=O) groups excluding carboxylic acids is 1. The number of halogens is 1. The highest BCUT2D eigenvalue weighted by molar-refractivity contribution is 6.32. The Bertz CT molecular complexity index is 454. The molecule has 0 radical (unpaired) electrons. The molecule has 0 bridgehead atoms. The van der Waals surface area contributed by atoms with Crippen LogP contribution in [0.4, 0.5) is 0 Å². The highest BCUT2D eigenvalue weighted by atomic mass is 35.5. The van der Waals surface area contributed by atoms with Crippen LogP contribution in [0.25, 0.3) is 0 Å². The highest BCUT2D eigenvalue weighted by Gasteiger charge is 2.19. The molecule has 0 fully saturated rings. The molecule has 0 aliphatic heterocycles. The van der Waals surface area contributed by atoms with Gasteiger partial charge >= 0.3 is 0 Å². The Labute approximate surface area is 126 Å². The van der Waals surface area contributed by atoms with Crippen molar-refractivity contribution in [3.05, 3.63) is 16.4 Å². The number of nitrogens with zero attached hydrogens (tertiary/aromatic N) is 2. The number of Topliss-reactive ketones (excluding diaryl/α,β-unsaturated/α-hetero) is 1. The van der Waals surface area contributed by atoms with Crippen LogP contribution in [-0.4, -0.2) is 21.6 Å². The lowest BCUT2D eigenvalue weighted by Crippen LogP contribution is -2.18. The van der Waals surface area contributed by atoms with Crippen LogP contribution < -0.4 is 5.73 Å². The summed E-state index contributed by atoms with van der Waals surface area (Å²) in [5, 5.41) is 4.99.